The monoisotopic (exact) mass is 274 g/mol. The number of halogens is 2. The second-order valence-electron chi connectivity index (χ2n) is 3.29. The SMILES string of the molecule is CCOP1(=O)OC(C)(CCl)C(Cl)=C1CO. The van der Waals surface area contributed by atoms with Crippen LogP contribution in [0.4, 0.5) is 0 Å². The molecule has 4 nitrogen and oxygen atoms in total. The first-order valence-electron chi connectivity index (χ1n) is 4.45. The Bertz CT molecular complexity index is 331. The Morgan fingerprint density at radius 3 is 2.67 bits per heavy atom. The largest absolute Gasteiger partial charge is 0.391 e. The predicted molar refractivity (Wildman–Crippen MR) is 59.4 cm³/mol. The lowest BCUT2D eigenvalue weighted by atomic mass is 10.1. The Morgan fingerprint density at radius 1 is 1.67 bits per heavy atom. The number of aliphatic hydroxyl groups is 1. The van der Waals surface area contributed by atoms with Gasteiger partial charge in [0, 0.05) is 0 Å². The third-order valence-corrected chi connectivity index (χ3v) is 5.61. The molecule has 15 heavy (non-hydrogen) atoms. The van der Waals surface area contributed by atoms with Crippen molar-refractivity contribution in [1.82, 2.24) is 0 Å². The van der Waals surface area contributed by atoms with Gasteiger partial charge in [0.1, 0.15) is 5.60 Å². The average Bonchev–Trinajstić information content (AvgIpc) is 2.36. The molecule has 2 atom stereocenters. The van der Waals surface area contributed by atoms with Crippen LogP contribution in [0.1, 0.15) is 13.8 Å². The van der Waals surface area contributed by atoms with Gasteiger partial charge < -0.3 is 9.63 Å². The second-order valence-corrected chi connectivity index (χ2v) is 5.91. The molecule has 7 heteroatoms. The Hall–Kier alpha value is 0.430. The Morgan fingerprint density at radius 2 is 2.27 bits per heavy atom. The quantitative estimate of drug-likeness (QED) is 0.633. The number of hydrogen-bond acceptors (Lipinski definition) is 4. The smallest absolute Gasteiger partial charge is 0.361 e. The summed E-state index contributed by atoms with van der Waals surface area (Å²) >= 11 is 11.7. The van der Waals surface area contributed by atoms with Crippen molar-refractivity contribution >= 4 is 30.8 Å². The summed E-state index contributed by atoms with van der Waals surface area (Å²) in [5, 5.41) is 9.39. The zero-order valence-corrected chi connectivity index (χ0v) is 10.9. The van der Waals surface area contributed by atoms with Crippen LogP contribution in [0, 0.1) is 0 Å². The maximum Gasteiger partial charge on any atom is 0.361 e. The van der Waals surface area contributed by atoms with Crippen molar-refractivity contribution in [3.8, 4) is 0 Å². The molecule has 0 radical (unpaired) electrons. The molecular weight excluding hydrogens is 262 g/mol. The van der Waals surface area contributed by atoms with Crippen molar-refractivity contribution in [3.05, 3.63) is 10.3 Å². The van der Waals surface area contributed by atoms with Crippen LogP contribution in [0.3, 0.4) is 0 Å². The van der Waals surface area contributed by atoms with Gasteiger partial charge in [-0.05, 0) is 13.8 Å². The lowest BCUT2D eigenvalue weighted by molar-refractivity contribution is 0.135. The van der Waals surface area contributed by atoms with Crippen LogP contribution in [-0.4, -0.2) is 29.8 Å². The summed E-state index contributed by atoms with van der Waals surface area (Å²) in [4.78, 5) is 0. The minimum atomic E-state index is -3.46. The maximum absolute atomic E-state index is 12.2. The van der Waals surface area contributed by atoms with E-state index in [1.807, 2.05) is 0 Å². The van der Waals surface area contributed by atoms with E-state index >= 15 is 0 Å². The van der Waals surface area contributed by atoms with Crippen molar-refractivity contribution in [3.63, 3.8) is 0 Å². The Balaban J connectivity index is 3.14. The van der Waals surface area contributed by atoms with Gasteiger partial charge in [0.2, 0.25) is 0 Å². The molecule has 0 aromatic rings. The van der Waals surface area contributed by atoms with Crippen LogP contribution in [0.25, 0.3) is 0 Å². The van der Waals surface area contributed by atoms with E-state index in [1.54, 1.807) is 13.8 Å². The van der Waals surface area contributed by atoms with Gasteiger partial charge in [0.25, 0.3) is 0 Å². The van der Waals surface area contributed by atoms with Gasteiger partial charge in [-0.3, -0.25) is 9.09 Å². The topological polar surface area (TPSA) is 55.8 Å². The van der Waals surface area contributed by atoms with E-state index in [0.717, 1.165) is 0 Å². The molecule has 0 fully saturated rings. The number of aliphatic hydroxyl groups excluding tert-OH is 1. The van der Waals surface area contributed by atoms with Gasteiger partial charge in [-0.1, -0.05) is 11.6 Å². The third-order valence-electron chi connectivity index (χ3n) is 2.07. The summed E-state index contributed by atoms with van der Waals surface area (Å²) in [5.41, 5.74) is -1.04. The van der Waals surface area contributed by atoms with E-state index in [2.05, 4.69) is 0 Å². The Labute approximate surface area is 98.7 Å². The van der Waals surface area contributed by atoms with Gasteiger partial charge in [-0.25, -0.2) is 0 Å². The first-order chi connectivity index (χ1) is 6.93. The van der Waals surface area contributed by atoms with Crippen LogP contribution in [0.2, 0.25) is 0 Å². The van der Waals surface area contributed by atoms with E-state index in [1.165, 1.54) is 0 Å². The molecule has 0 aliphatic carbocycles. The lowest BCUT2D eigenvalue weighted by Crippen LogP contribution is -2.26. The summed E-state index contributed by atoms with van der Waals surface area (Å²) in [6.07, 6.45) is 0. The van der Waals surface area contributed by atoms with Gasteiger partial charge >= 0.3 is 7.60 Å². The van der Waals surface area contributed by atoms with Crippen molar-refractivity contribution < 1.29 is 18.7 Å². The van der Waals surface area contributed by atoms with Crippen molar-refractivity contribution in [2.75, 3.05) is 19.1 Å². The van der Waals surface area contributed by atoms with Crippen molar-refractivity contribution in [1.29, 1.82) is 0 Å². The van der Waals surface area contributed by atoms with Gasteiger partial charge in [-0.15, -0.1) is 11.6 Å². The summed E-state index contributed by atoms with van der Waals surface area (Å²) in [5.74, 6) is 0.0480. The zero-order valence-electron chi connectivity index (χ0n) is 8.50. The third kappa shape index (κ3) is 2.26. The number of hydrogen-bond donors (Lipinski definition) is 1. The second kappa shape index (κ2) is 4.74. The van der Waals surface area contributed by atoms with Crippen molar-refractivity contribution in [2.24, 2.45) is 0 Å². The fraction of sp³-hybridized carbons (Fsp3) is 0.750. The highest BCUT2D eigenvalue weighted by molar-refractivity contribution is 7.59. The van der Waals surface area contributed by atoms with E-state index in [-0.39, 0.29) is 22.8 Å². The predicted octanol–water partition coefficient (Wildman–Crippen LogP) is 2.69. The molecule has 1 N–H and O–H groups in total. The molecule has 0 aromatic heterocycles. The van der Waals surface area contributed by atoms with Gasteiger partial charge in [-0.2, -0.15) is 0 Å². The van der Waals surface area contributed by atoms with Crippen LogP contribution in [0.5, 0.6) is 0 Å². The molecule has 1 heterocycles. The van der Waals surface area contributed by atoms with Gasteiger partial charge in [0.15, 0.2) is 0 Å². The zero-order chi connectivity index (χ0) is 11.7. The number of rotatable bonds is 4. The fourth-order valence-electron chi connectivity index (χ4n) is 1.30. The highest BCUT2D eigenvalue weighted by atomic mass is 35.5. The molecule has 2 unspecified atom stereocenters. The standard InChI is InChI=1S/C8H13Cl2O4P/c1-3-13-15(12)6(4-11)7(10)8(2,5-9)14-15/h11H,3-5H2,1-2H3. The summed E-state index contributed by atoms with van der Waals surface area (Å²) < 4.78 is 22.5. The first-order valence-corrected chi connectivity index (χ1v) is 6.91. The molecule has 0 saturated carbocycles. The average molecular weight is 275 g/mol. The Kier molecular flexibility index (Phi) is 4.27. The van der Waals surface area contributed by atoms with E-state index in [4.69, 9.17) is 37.4 Å². The van der Waals surface area contributed by atoms with E-state index < -0.39 is 19.8 Å². The van der Waals surface area contributed by atoms with Crippen LogP contribution < -0.4 is 0 Å². The van der Waals surface area contributed by atoms with Gasteiger partial charge in [0.05, 0.1) is 29.4 Å². The van der Waals surface area contributed by atoms with E-state index in [0.29, 0.717) is 0 Å². The molecule has 88 valence electrons. The normalized spacial score (nSPS) is 36.3. The lowest BCUT2D eigenvalue weighted by Gasteiger charge is -2.22. The van der Waals surface area contributed by atoms with Crippen LogP contribution in [-0.2, 0) is 13.6 Å². The highest BCUT2D eigenvalue weighted by Crippen LogP contribution is 2.67. The molecule has 0 bridgehead atoms. The number of alkyl halides is 1. The maximum atomic E-state index is 12.2. The van der Waals surface area contributed by atoms with Crippen LogP contribution >= 0.6 is 30.8 Å². The van der Waals surface area contributed by atoms with E-state index in [9.17, 15) is 4.57 Å². The minimum Gasteiger partial charge on any atom is -0.391 e. The van der Waals surface area contributed by atoms with Crippen LogP contribution in [0.15, 0.2) is 10.3 Å². The molecule has 1 aliphatic rings. The summed E-state index contributed by atoms with van der Waals surface area (Å²) in [6.45, 7) is 3.05. The first kappa shape index (κ1) is 13.5. The fourth-order valence-corrected chi connectivity index (χ4v) is 4.16. The molecule has 0 spiro atoms. The molecular formula is C8H13Cl2O4P. The highest BCUT2D eigenvalue weighted by Gasteiger charge is 2.50. The molecule has 0 aromatic carbocycles. The summed E-state index contributed by atoms with van der Waals surface area (Å²) in [7, 11) is -3.46. The van der Waals surface area contributed by atoms with Crippen molar-refractivity contribution in [2.45, 2.75) is 19.4 Å². The minimum absolute atomic E-state index is 0.0480. The molecule has 0 amide bonds. The summed E-state index contributed by atoms with van der Waals surface area (Å²) in [6, 6.07) is 0. The molecule has 1 aliphatic heterocycles. The molecule has 0 saturated heterocycles. The molecule has 1 rings (SSSR count).